The molecule has 0 atom stereocenters. The van der Waals surface area contributed by atoms with E-state index >= 15 is 0 Å². The van der Waals surface area contributed by atoms with Crippen LogP contribution in [-0.2, 0) is 16.2 Å². The molecule has 9 aromatic carbocycles. The van der Waals surface area contributed by atoms with E-state index in [9.17, 15) is 0 Å². The van der Waals surface area contributed by atoms with Gasteiger partial charge in [0.05, 0.1) is 27.8 Å². The van der Waals surface area contributed by atoms with Crippen molar-refractivity contribution in [3.63, 3.8) is 0 Å². The van der Waals surface area contributed by atoms with E-state index in [1.807, 2.05) is 0 Å². The molecule has 3 nitrogen and oxygen atoms in total. The van der Waals surface area contributed by atoms with Gasteiger partial charge in [0.15, 0.2) is 0 Å². The van der Waals surface area contributed by atoms with E-state index in [1.165, 1.54) is 137 Å². The summed E-state index contributed by atoms with van der Waals surface area (Å²) in [5, 5.41) is 13.3. The number of rotatable bonds is 1. The van der Waals surface area contributed by atoms with Crippen molar-refractivity contribution in [1.29, 1.82) is 0 Å². The largest absolute Gasteiger partial charge is 0.375 e. The first kappa shape index (κ1) is 36.7. The lowest BCUT2D eigenvalue weighted by atomic mass is 9.45. The first-order valence-corrected chi connectivity index (χ1v) is 23.2. The molecule has 0 aliphatic carbocycles. The predicted molar refractivity (Wildman–Crippen MR) is 276 cm³/mol. The highest BCUT2D eigenvalue weighted by Gasteiger charge is 2.44. The van der Waals surface area contributed by atoms with Crippen LogP contribution in [0.3, 0.4) is 0 Å². The molecule has 2 aliphatic rings. The van der Waals surface area contributed by atoms with Gasteiger partial charge in [-0.2, -0.15) is 0 Å². The third-order valence-corrected chi connectivity index (χ3v) is 15.3. The Morgan fingerprint density at radius 3 is 1.78 bits per heavy atom. The molecule has 0 spiro atoms. The number of fused-ring (bicyclic) bond motifs is 14. The fourth-order valence-electron chi connectivity index (χ4n) is 12.3. The van der Waals surface area contributed by atoms with Crippen molar-refractivity contribution < 1.29 is 0 Å². The van der Waals surface area contributed by atoms with Crippen molar-refractivity contribution in [1.82, 2.24) is 13.6 Å². The van der Waals surface area contributed by atoms with E-state index in [0.717, 1.165) is 0 Å². The number of para-hydroxylation sites is 3. The van der Waals surface area contributed by atoms with Crippen molar-refractivity contribution in [2.75, 3.05) is 0 Å². The minimum Gasteiger partial charge on any atom is -0.375 e. The SMILES string of the molecule is CC(C)(C)c1cc2ccc3c4c5c(c6ccc(c1)c2c36)-n1c2c(cccc2c2c1c1ccccc1n2-c1ccccc1)B5n1c2ccc(C(C)(C)C)cc2c2cc(C(C)(C)C)cc-4c21. The summed E-state index contributed by atoms with van der Waals surface area (Å²) in [7, 11) is 0. The Morgan fingerprint density at radius 2 is 1.05 bits per heavy atom. The average molecular weight is 824 g/mol. The van der Waals surface area contributed by atoms with Gasteiger partial charge < -0.3 is 13.6 Å². The summed E-state index contributed by atoms with van der Waals surface area (Å²) >= 11 is 0. The lowest BCUT2D eigenvalue weighted by molar-refractivity contribution is 0.590. The van der Waals surface area contributed by atoms with Crippen LogP contribution in [0, 0.1) is 0 Å². The quantitative estimate of drug-likeness (QED) is 0.116. The normalized spacial score (nSPS) is 14.0. The average Bonchev–Trinajstić information content (AvgIpc) is 3.91. The molecule has 2 aliphatic heterocycles. The number of hydrogen-bond donors (Lipinski definition) is 0. The molecular weight excluding hydrogens is 773 g/mol. The molecule has 4 heteroatoms. The van der Waals surface area contributed by atoms with E-state index in [0.29, 0.717) is 0 Å². The van der Waals surface area contributed by atoms with Crippen LogP contribution in [0.5, 0.6) is 0 Å². The van der Waals surface area contributed by atoms with E-state index in [2.05, 4.69) is 215 Å². The van der Waals surface area contributed by atoms with Gasteiger partial charge in [-0.1, -0.05) is 159 Å². The smallest absolute Gasteiger partial charge is 0.333 e. The van der Waals surface area contributed by atoms with Crippen molar-refractivity contribution in [2.24, 2.45) is 0 Å². The van der Waals surface area contributed by atoms with Gasteiger partial charge in [0.25, 0.3) is 0 Å². The summed E-state index contributed by atoms with van der Waals surface area (Å²) in [6.45, 7) is 21.1. The Kier molecular flexibility index (Phi) is 6.69. The molecule has 14 rings (SSSR count). The summed E-state index contributed by atoms with van der Waals surface area (Å²) in [5.74, 6) is 0. The zero-order valence-corrected chi connectivity index (χ0v) is 38.2. The number of nitrogens with zero attached hydrogens (tertiary/aromatic N) is 3. The molecule has 12 aromatic rings. The molecule has 3 aromatic heterocycles. The van der Waals surface area contributed by atoms with E-state index in [4.69, 9.17) is 0 Å². The third-order valence-electron chi connectivity index (χ3n) is 15.3. The monoisotopic (exact) mass is 823 g/mol. The third kappa shape index (κ3) is 4.44. The van der Waals surface area contributed by atoms with E-state index in [-0.39, 0.29) is 23.1 Å². The molecule has 0 radical (unpaired) electrons. The second kappa shape index (κ2) is 11.7. The Hall–Kier alpha value is -6.78. The molecule has 0 unspecified atom stereocenters. The predicted octanol–water partition coefficient (Wildman–Crippen LogP) is 14.6. The summed E-state index contributed by atoms with van der Waals surface area (Å²) in [4.78, 5) is 0. The van der Waals surface area contributed by atoms with Crippen LogP contribution < -0.4 is 10.9 Å². The van der Waals surface area contributed by atoms with E-state index < -0.39 is 0 Å². The molecule has 0 amide bonds. The highest BCUT2D eigenvalue weighted by molar-refractivity contribution is 6.90. The number of hydrogen-bond acceptors (Lipinski definition) is 0. The molecule has 64 heavy (non-hydrogen) atoms. The van der Waals surface area contributed by atoms with Crippen molar-refractivity contribution in [3.8, 4) is 22.5 Å². The zero-order valence-electron chi connectivity index (χ0n) is 38.2. The molecular formula is C60H50BN3. The number of aromatic nitrogens is 3. The van der Waals surface area contributed by atoms with Gasteiger partial charge >= 0.3 is 6.85 Å². The second-order valence-electron chi connectivity index (χ2n) is 22.2. The minimum atomic E-state index is -0.0601. The van der Waals surface area contributed by atoms with Gasteiger partial charge in [-0.15, -0.1) is 0 Å². The molecule has 308 valence electrons. The van der Waals surface area contributed by atoms with Crippen LogP contribution in [-0.4, -0.2) is 20.5 Å². The molecule has 5 heterocycles. The van der Waals surface area contributed by atoms with Gasteiger partial charge in [-0.05, 0) is 113 Å². The Labute approximate surface area is 374 Å². The summed E-state index contributed by atoms with van der Waals surface area (Å²) in [6, 6.07) is 54.4. The first-order valence-electron chi connectivity index (χ1n) is 23.2. The lowest BCUT2D eigenvalue weighted by Gasteiger charge is -2.36. The van der Waals surface area contributed by atoms with E-state index in [1.54, 1.807) is 0 Å². The Balaban J connectivity index is 1.27. The molecule has 0 fully saturated rings. The zero-order chi connectivity index (χ0) is 43.5. The van der Waals surface area contributed by atoms with Crippen molar-refractivity contribution in [2.45, 2.75) is 78.6 Å². The van der Waals surface area contributed by atoms with Gasteiger partial charge in [0.1, 0.15) is 0 Å². The summed E-state index contributed by atoms with van der Waals surface area (Å²) in [5.41, 5.74) is 19.8. The number of benzene rings is 9. The second-order valence-corrected chi connectivity index (χ2v) is 22.2. The van der Waals surface area contributed by atoms with Gasteiger partial charge in [0.2, 0.25) is 0 Å². The Bertz CT molecular complexity index is 4040. The van der Waals surface area contributed by atoms with Crippen LogP contribution in [0.15, 0.2) is 140 Å². The minimum absolute atomic E-state index is 0.0143. The molecule has 0 bridgehead atoms. The topological polar surface area (TPSA) is 14.8 Å². The van der Waals surface area contributed by atoms with Gasteiger partial charge in [-0.3, -0.25) is 0 Å². The summed E-state index contributed by atoms with van der Waals surface area (Å²) < 4.78 is 8.01. The Morgan fingerprint density at radius 1 is 0.406 bits per heavy atom. The standard InChI is InChI=1S/C60H50BN3/c1-58(2,3)35-24-27-48-43(30-35)44-31-37(60(7,8)9)32-45-51-40-25-22-33-28-36(59(4,5)6)29-34-23-26-41(50(40)49(33)34)55-52(51)61(64(48)53(44)45)46-20-15-19-42-54(46)63(55)56-39-18-13-14-21-47(39)62(57(42)56)38-16-11-10-12-17-38/h10-32H,1-9H3. The highest BCUT2D eigenvalue weighted by Crippen LogP contribution is 2.52. The van der Waals surface area contributed by atoms with Gasteiger partial charge in [0, 0.05) is 54.6 Å². The molecule has 0 saturated heterocycles. The lowest BCUT2D eigenvalue weighted by Crippen LogP contribution is -2.55. The van der Waals surface area contributed by atoms with Crippen LogP contribution in [0.4, 0.5) is 0 Å². The first-order chi connectivity index (χ1) is 30.7. The maximum atomic E-state index is 2.76. The van der Waals surface area contributed by atoms with Crippen molar-refractivity contribution >= 4 is 105 Å². The fourth-order valence-corrected chi connectivity index (χ4v) is 12.3. The molecule has 0 N–H and O–H groups in total. The van der Waals surface area contributed by atoms with Crippen LogP contribution in [0.1, 0.15) is 79.0 Å². The highest BCUT2D eigenvalue weighted by atomic mass is 15.1. The van der Waals surface area contributed by atoms with Crippen LogP contribution in [0.25, 0.3) is 109 Å². The van der Waals surface area contributed by atoms with Crippen LogP contribution >= 0.6 is 0 Å². The fraction of sp³-hybridized carbons (Fsp3) is 0.200. The summed E-state index contributed by atoms with van der Waals surface area (Å²) in [6.07, 6.45) is 0. The van der Waals surface area contributed by atoms with Gasteiger partial charge in [-0.25, -0.2) is 0 Å². The maximum absolute atomic E-state index is 2.76. The molecule has 0 saturated carbocycles. The van der Waals surface area contributed by atoms with Crippen molar-refractivity contribution in [3.05, 3.63) is 156 Å². The maximum Gasteiger partial charge on any atom is 0.333 e. The van der Waals surface area contributed by atoms with Crippen LogP contribution in [0.2, 0.25) is 0 Å².